The highest BCUT2D eigenvalue weighted by Crippen LogP contribution is 2.34. The van der Waals surface area contributed by atoms with E-state index in [-0.39, 0.29) is 17.8 Å². The molecule has 1 N–H and O–H groups in total. The van der Waals surface area contributed by atoms with Crippen LogP contribution >= 0.6 is 11.3 Å². The number of carbonyl (C=O) groups excluding carboxylic acids is 2. The lowest BCUT2D eigenvalue weighted by molar-refractivity contribution is 0.00701. The summed E-state index contributed by atoms with van der Waals surface area (Å²) in [7, 11) is 0. The Morgan fingerprint density at radius 1 is 1.13 bits per heavy atom. The molecular weight excluding hydrogens is 415 g/mol. The average Bonchev–Trinajstić information content (AvgIpc) is 3.30. The Balaban J connectivity index is 1.76. The molecule has 31 heavy (non-hydrogen) atoms. The van der Waals surface area contributed by atoms with E-state index in [1.165, 1.54) is 29.5 Å². The van der Waals surface area contributed by atoms with Crippen molar-refractivity contribution in [3.05, 3.63) is 75.7 Å². The molecule has 2 aromatic heterocycles. The predicted octanol–water partition coefficient (Wildman–Crippen LogP) is 5.81. The summed E-state index contributed by atoms with van der Waals surface area (Å²) in [5.41, 5.74) is 2.07. The summed E-state index contributed by atoms with van der Waals surface area (Å²) in [6.07, 6.45) is -0.0388. The van der Waals surface area contributed by atoms with Crippen molar-refractivity contribution in [1.82, 2.24) is 9.97 Å². The zero-order valence-electron chi connectivity index (χ0n) is 17.4. The second-order valence-corrected chi connectivity index (χ2v) is 9.13. The number of esters is 1. The molecule has 4 aromatic rings. The number of aromatic amines is 1. The largest absolute Gasteiger partial charge is 0.456 e. The molecule has 5 nitrogen and oxygen atoms in total. The average molecular weight is 437 g/mol. The maximum absolute atomic E-state index is 13.6. The van der Waals surface area contributed by atoms with Gasteiger partial charge >= 0.3 is 5.97 Å². The molecule has 158 valence electrons. The van der Waals surface area contributed by atoms with E-state index < -0.39 is 17.4 Å². The van der Waals surface area contributed by atoms with Gasteiger partial charge in [-0.05, 0) is 45.0 Å². The van der Waals surface area contributed by atoms with Gasteiger partial charge in [0.1, 0.15) is 17.2 Å². The summed E-state index contributed by atoms with van der Waals surface area (Å²) in [5, 5.41) is 1.80. The summed E-state index contributed by atoms with van der Waals surface area (Å²) in [6.45, 7) is 5.36. The minimum Gasteiger partial charge on any atom is -0.456 e. The third-order valence-electron chi connectivity index (χ3n) is 4.58. The van der Waals surface area contributed by atoms with E-state index in [9.17, 15) is 14.0 Å². The number of nitrogens with one attached hydrogen (secondary N) is 1. The number of para-hydroxylation sites is 2. The molecule has 0 bridgehead atoms. The SMILES string of the molecule is CC(C)(C)OC(=O)c1c(-c2nc3ccccc3[nH]2)csc1CC(=O)c1cccc(F)c1. The van der Waals surface area contributed by atoms with Gasteiger partial charge in [-0.25, -0.2) is 14.2 Å². The van der Waals surface area contributed by atoms with E-state index in [2.05, 4.69) is 9.97 Å². The summed E-state index contributed by atoms with van der Waals surface area (Å²) in [5.74, 6) is -0.747. The first-order valence-electron chi connectivity index (χ1n) is 9.79. The summed E-state index contributed by atoms with van der Waals surface area (Å²) in [6, 6.07) is 13.1. The van der Waals surface area contributed by atoms with Gasteiger partial charge in [-0.15, -0.1) is 11.3 Å². The van der Waals surface area contributed by atoms with Gasteiger partial charge in [0, 0.05) is 27.8 Å². The number of ether oxygens (including phenoxy) is 1. The number of aromatic nitrogens is 2. The molecule has 0 aliphatic rings. The monoisotopic (exact) mass is 436 g/mol. The number of H-pyrrole nitrogens is 1. The van der Waals surface area contributed by atoms with Crippen LogP contribution in [0.2, 0.25) is 0 Å². The number of Topliss-reactive ketones (excluding diaryl/α,β-unsaturated/α-hetero) is 1. The second-order valence-electron chi connectivity index (χ2n) is 8.16. The fraction of sp³-hybridized carbons (Fsp3) is 0.208. The summed E-state index contributed by atoms with van der Waals surface area (Å²) >= 11 is 1.29. The Morgan fingerprint density at radius 2 is 1.90 bits per heavy atom. The first kappa shape index (κ1) is 20.9. The van der Waals surface area contributed by atoms with E-state index >= 15 is 0 Å². The number of imidazole rings is 1. The van der Waals surface area contributed by atoms with Gasteiger partial charge in [-0.2, -0.15) is 0 Å². The van der Waals surface area contributed by atoms with Crippen LogP contribution in [0, 0.1) is 5.82 Å². The predicted molar refractivity (Wildman–Crippen MR) is 119 cm³/mol. The quantitative estimate of drug-likeness (QED) is 0.316. The van der Waals surface area contributed by atoms with Gasteiger partial charge in [0.2, 0.25) is 0 Å². The molecule has 0 saturated heterocycles. The molecule has 0 spiro atoms. The lowest BCUT2D eigenvalue weighted by Gasteiger charge is -2.20. The third-order valence-corrected chi connectivity index (χ3v) is 5.57. The van der Waals surface area contributed by atoms with E-state index in [0.29, 0.717) is 21.8 Å². The number of benzene rings is 2. The molecule has 7 heteroatoms. The molecule has 2 heterocycles. The van der Waals surface area contributed by atoms with Gasteiger partial charge in [0.25, 0.3) is 0 Å². The Kier molecular flexibility index (Phi) is 5.45. The van der Waals surface area contributed by atoms with Crippen LogP contribution in [-0.4, -0.2) is 27.3 Å². The van der Waals surface area contributed by atoms with Crippen LogP contribution in [-0.2, 0) is 11.2 Å². The van der Waals surface area contributed by atoms with E-state index in [0.717, 1.165) is 11.0 Å². The zero-order valence-corrected chi connectivity index (χ0v) is 18.2. The second kappa shape index (κ2) is 8.07. The number of ketones is 1. The molecule has 0 aliphatic carbocycles. The van der Waals surface area contributed by atoms with Gasteiger partial charge in [0.15, 0.2) is 5.78 Å². The van der Waals surface area contributed by atoms with Crippen molar-refractivity contribution in [3.8, 4) is 11.4 Å². The Bertz CT molecular complexity index is 1250. The number of rotatable bonds is 5. The highest BCUT2D eigenvalue weighted by molar-refractivity contribution is 7.11. The van der Waals surface area contributed by atoms with Crippen molar-refractivity contribution in [2.75, 3.05) is 0 Å². The fourth-order valence-electron chi connectivity index (χ4n) is 3.25. The van der Waals surface area contributed by atoms with Gasteiger partial charge in [0.05, 0.1) is 16.6 Å². The van der Waals surface area contributed by atoms with Gasteiger partial charge in [-0.3, -0.25) is 4.79 Å². The maximum Gasteiger partial charge on any atom is 0.340 e. The first-order chi connectivity index (χ1) is 14.7. The van der Waals surface area contributed by atoms with Crippen molar-refractivity contribution < 1.29 is 18.7 Å². The lowest BCUT2D eigenvalue weighted by Crippen LogP contribution is -2.24. The number of nitrogens with zero attached hydrogens (tertiary/aromatic N) is 1. The van der Waals surface area contributed by atoms with E-state index in [1.807, 2.05) is 24.3 Å². The van der Waals surface area contributed by atoms with Crippen molar-refractivity contribution in [2.45, 2.75) is 32.8 Å². The molecule has 4 rings (SSSR count). The molecule has 0 radical (unpaired) electrons. The molecule has 2 aromatic carbocycles. The fourth-order valence-corrected chi connectivity index (χ4v) is 4.26. The van der Waals surface area contributed by atoms with Crippen LogP contribution in [0.15, 0.2) is 53.9 Å². The third kappa shape index (κ3) is 4.56. The molecular formula is C24H21FN2O3S. The number of hydrogen-bond donors (Lipinski definition) is 1. The van der Waals surface area contributed by atoms with Crippen LogP contribution in [0.25, 0.3) is 22.4 Å². The molecule has 0 saturated carbocycles. The van der Waals surface area contributed by atoms with Crippen molar-refractivity contribution in [1.29, 1.82) is 0 Å². The number of carbonyl (C=O) groups is 2. The van der Waals surface area contributed by atoms with Crippen molar-refractivity contribution in [2.24, 2.45) is 0 Å². The van der Waals surface area contributed by atoms with Crippen LogP contribution in [0.1, 0.15) is 46.4 Å². The van der Waals surface area contributed by atoms with E-state index in [4.69, 9.17) is 4.74 Å². The maximum atomic E-state index is 13.6. The highest BCUT2D eigenvalue weighted by atomic mass is 32.1. The first-order valence-corrected chi connectivity index (χ1v) is 10.7. The Morgan fingerprint density at radius 3 is 2.61 bits per heavy atom. The summed E-state index contributed by atoms with van der Waals surface area (Å²) < 4.78 is 19.2. The minimum atomic E-state index is -0.700. The van der Waals surface area contributed by atoms with Crippen LogP contribution in [0.4, 0.5) is 4.39 Å². The Labute approximate surface area is 182 Å². The molecule has 0 amide bonds. The highest BCUT2D eigenvalue weighted by Gasteiger charge is 2.28. The van der Waals surface area contributed by atoms with E-state index in [1.54, 1.807) is 32.2 Å². The standard InChI is InChI=1S/C24H21FN2O3S/c1-24(2,3)30-23(29)21-16(22-26-17-9-4-5-10-18(17)27-22)13-31-20(21)12-19(28)14-7-6-8-15(25)11-14/h4-11,13H,12H2,1-3H3,(H,26,27). The zero-order chi connectivity index (χ0) is 22.2. The van der Waals surface area contributed by atoms with Crippen LogP contribution in [0.3, 0.4) is 0 Å². The minimum absolute atomic E-state index is 0.0388. The van der Waals surface area contributed by atoms with Crippen molar-refractivity contribution in [3.63, 3.8) is 0 Å². The number of fused-ring (bicyclic) bond motifs is 1. The van der Waals surface area contributed by atoms with Gasteiger partial charge < -0.3 is 9.72 Å². The summed E-state index contributed by atoms with van der Waals surface area (Å²) in [4.78, 5) is 34.2. The normalized spacial score (nSPS) is 11.6. The van der Waals surface area contributed by atoms with Crippen LogP contribution < -0.4 is 0 Å². The van der Waals surface area contributed by atoms with Crippen LogP contribution in [0.5, 0.6) is 0 Å². The number of hydrogen-bond acceptors (Lipinski definition) is 5. The number of halogens is 1. The smallest absolute Gasteiger partial charge is 0.340 e. The lowest BCUT2D eigenvalue weighted by atomic mass is 10.0. The Hall–Kier alpha value is -3.32. The molecule has 0 aliphatic heterocycles. The van der Waals surface area contributed by atoms with Gasteiger partial charge in [-0.1, -0.05) is 24.3 Å². The number of thiophene rings is 1. The topological polar surface area (TPSA) is 72.0 Å². The molecule has 0 unspecified atom stereocenters. The molecule has 0 fully saturated rings. The molecule has 0 atom stereocenters. The van der Waals surface area contributed by atoms with Crippen molar-refractivity contribution >= 4 is 34.1 Å².